The van der Waals surface area contributed by atoms with Crippen molar-refractivity contribution in [2.24, 2.45) is 0 Å². The van der Waals surface area contributed by atoms with Crippen LogP contribution in [0.2, 0.25) is 0 Å². The molecule has 116 valence electrons. The van der Waals surface area contributed by atoms with Crippen molar-refractivity contribution in [3.05, 3.63) is 29.3 Å². The molecule has 2 rings (SSSR count). The van der Waals surface area contributed by atoms with Crippen molar-refractivity contribution >= 4 is 11.7 Å². The molecule has 1 aromatic rings. The zero-order valence-electron chi connectivity index (χ0n) is 11.7. The number of rotatable bonds is 5. The van der Waals surface area contributed by atoms with Crippen molar-refractivity contribution in [1.29, 1.82) is 0 Å². The summed E-state index contributed by atoms with van der Waals surface area (Å²) in [6.07, 6.45) is 4.72. The van der Waals surface area contributed by atoms with E-state index in [9.17, 15) is 18.7 Å². The maximum atomic E-state index is 14.2. The van der Waals surface area contributed by atoms with E-state index in [2.05, 4.69) is 0 Å². The molecule has 0 aliphatic heterocycles. The largest absolute Gasteiger partial charge is 0.478 e. The molecule has 0 amide bonds. The molecular weight excluding hydrogens is 280 g/mol. The number of aliphatic hydroxyl groups is 1. The second-order valence-electron chi connectivity index (χ2n) is 5.30. The molecule has 2 N–H and O–H groups in total. The van der Waals surface area contributed by atoms with Gasteiger partial charge in [0.25, 0.3) is 0 Å². The predicted octanol–water partition coefficient (Wildman–Crippen LogP) is 2.79. The van der Waals surface area contributed by atoms with Crippen LogP contribution in [0.4, 0.5) is 14.5 Å². The molecule has 4 nitrogen and oxygen atoms in total. The molecule has 0 atom stereocenters. The Labute approximate surface area is 122 Å². The van der Waals surface area contributed by atoms with E-state index < -0.39 is 23.2 Å². The number of carboxylic acids is 1. The van der Waals surface area contributed by atoms with Gasteiger partial charge in [-0.2, -0.15) is 0 Å². The third-order valence-corrected chi connectivity index (χ3v) is 3.91. The van der Waals surface area contributed by atoms with Crippen LogP contribution >= 0.6 is 0 Å². The zero-order valence-corrected chi connectivity index (χ0v) is 11.7. The lowest BCUT2D eigenvalue weighted by molar-refractivity contribution is 0.0695. The van der Waals surface area contributed by atoms with Crippen LogP contribution in [0.3, 0.4) is 0 Å². The van der Waals surface area contributed by atoms with E-state index >= 15 is 0 Å². The van der Waals surface area contributed by atoms with Crippen LogP contribution in [0, 0.1) is 11.6 Å². The van der Waals surface area contributed by atoms with Crippen molar-refractivity contribution < 1.29 is 23.8 Å². The number of aliphatic hydroxyl groups excluding tert-OH is 1. The average Bonchev–Trinajstić information content (AvgIpc) is 2.46. The Balaban J connectivity index is 2.37. The standard InChI is InChI=1S/C15H19F2NO3/c16-12-8-10(15(20)21)9-13(17)14(12)18(6-7-19)11-4-2-1-3-5-11/h8-9,11,19H,1-7H2,(H,20,21). The molecule has 0 heterocycles. The second kappa shape index (κ2) is 6.85. The lowest BCUT2D eigenvalue weighted by Gasteiger charge is -2.36. The fourth-order valence-electron chi connectivity index (χ4n) is 2.94. The molecule has 0 bridgehead atoms. The highest BCUT2D eigenvalue weighted by Crippen LogP contribution is 2.31. The maximum absolute atomic E-state index is 14.2. The molecular formula is C15H19F2NO3. The lowest BCUT2D eigenvalue weighted by atomic mass is 9.93. The summed E-state index contributed by atoms with van der Waals surface area (Å²) in [6.45, 7) is -0.0824. The Kier molecular flexibility index (Phi) is 5.12. The van der Waals surface area contributed by atoms with E-state index in [0.29, 0.717) is 0 Å². The number of carbonyl (C=O) groups is 1. The maximum Gasteiger partial charge on any atom is 0.335 e. The minimum absolute atomic E-state index is 0.0226. The third-order valence-electron chi connectivity index (χ3n) is 3.91. The van der Waals surface area contributed by atoms with Gasteiger partial charge in [0.2, 0.25) is 0 Å². The minimum atomic E-state index is -1.37. The third kappa shape index (κ3) is 3.50. The predicted molar refractivity (Wildman–Crippen MR) is 74.6 cm³/mol. The van der Waals surface area contributed by atoms with Gasteiger partial charge in [0.15, 0.2) is 0 Å². The van der Waals surface area contributed by atoms with Gasteiger partial charge in [-0.1, -0.05) is 19.3 Å². The number of carboxylic acid groups (broad SMARTS) is 1. The van der Waals surface area contributed by atoms with Gasteiger partial charge in [0.05, 0.1) is 12.2 Å². The van der Waals surface area contributed by atoms with Crippen molar-refractivity contribution in [3.8, 4) is 0 Å². The van der Waals surface area contributed by atoms with Gasteiger partial charge in [0.1, 0.15) is 17.3 Å². The first-order valence-electron chi connectivity index (χ1n) is 7.14. The molecule has 21 heavy (non-hydrogen) atoms. The van der Waals surface area contributed by atoms with E-state index in [1.807, 2.05) is 0 Å². The number of nitrogens with zero attached hydrogens (tertiary/aromatic N) is 1. The molecule has 0 spiro atoms. The summed E-state index contributed by atoms with van der Waals surface area (Å²) in [4.78, 5) is 12.4. The van der Waals surface area contributed by atoms with Crippen LogP contribution < -0.4 is 4.90 Å². The normalized spacial score (nSPS) is 16.0. The molecule has 1 aliphatic carbocycles. The van der Waals surface area contributed by atoms with Crippen LogP contribution in [0.15, 0.2) is 12.1 Å². The van der Waals surface area contributed by atoms with Crippen LogP contribution in [0.25, 0.3) is 0 Å². The van der Waals surface area contributed by atoms with Gasteiger partial charge in [-0.3, -0.25) is 0 Å². The first-order valence-corrected chi connectivity index (χ1v) is 7.14. The fraction of sp³-hybridized carbons (Fsp3) is 0.533. The molecule has 1 fully saturated rings. The number of halogens is 2. The number of hydrogen-bond acceptors (Lipinski definition) is 3. The van der Waals surface area contributed by atoms with Gasteiger partial charge >= 0.3 is 5.97 Å². The van der Waals surface area contributed by atoms with E-state index in [4.69, 9.17) is 5.11 Å². The van der Waals surface area contributed by atoms with Gasteiger partial charge < -0.3 is 15.1 Å². The van der Waals surface area contributed by atoms with E-state index in [0.717, 1.165) is 44.2 Å². The van der Waals surface area contributed by atoms with Gasteiger partial charge in [-0.25, -0.2) is 13.6 Å². The highest BCUT2D eigenvalue weighted by Gasteiger charge is 2.26. The smallest absolute Gasteiger partial charge is 0.335 e. The van der Waals surface area contributed by atoms with Gasteiger partial charge in [-0.05, 0) is 25.0 Å². The minimum Gasteiger partial charge on any atom is -0.478 e. The van der Waals surface area contributed by atoms with E-state index in [-0.39, 0.29) is 24.9 Å². The van der Waals surface area contributed by atoms with Crippen LogP contribution in [-0.4, -0.2) is 35.4 Å². The summed E-state index contributed by atoms with van der Waals surface area (Å²) in [5, 5.41) is 18.0. The summed E-state index contributed by atoms with van der Waals surface area (Å²) < 4.78 is 28.3. The highest BCUT2D eigenvalue weighted by atomic mass is 19.1. The molecule has 0 radical (unpaired) electrons. The van der Waals surface area contributed by atoms with Crippen LogP contribution in [0.5, 0.6) is 0 Å². The summed E-state index contributed by atoms with van der Waals surface area (Å²) in [6, 6.07) is 1.63. The van der Waals surface area contributed by atoms with Crippen molar-refractivity contribution in [1.82, 2.24) is 0 Å². The Morgan fingerprint density at radius 3 is 2.24 bits per heavy atom. The topological polar surface area (TPSA) is 60.8 Å². The Morgan fingerprint density at radius 1 is 1.19 bits per heavy atom. The summed E-state index contributed by atoms with van der Waals surface area (Å²) in [7, 11) is 0. The van der Waals surface area contributed by atoms with Gasteiger partial charge in [-0.15, -0.1) is 0 Å². The first kappa shape index (κ1) is 15.7. The fourth-order valence-corrected chi connectivity index (χ4v) is 2.94. The Morgan fingerprint density at radius 2 is 1.76 bits per heavy atom. The lowest BCUT2D eigenvalue weighted by Crippen LogP contribution is -2.40. The molecule has 1 aliphatic rings. The summed E-state index contributed by atoms with van der Waals surface area (Å²) in [5.74, 6) is -3.16. The van der Waals surface area contributed by atoms with Crippen LogP contribution in [-0.2, 0) is 0 Å². The van der Waals surface area contributed by atoms with Crippen molar-refractivity contribution in [2.45, 2.75) is 38.1 Å². The first-order chi connectivity index (χ1) is 10.0. The molecule has 0 unspecified atom stereocenters. The number of aromatic carboxylic acids is 1. The van der Waals surface area contributed by atoms with Gasteiger partial charge in [0, 0.05) is 12.6 Å². The van der Waals surface area contributed by atoms with Crippen molar-refractivity contribution in [2.75, 3.05) is 18.1 Å². The summed E-state index contributed by atoms with van der Waals surface area (Å²) >= 11 is 0. The quantitative estimate of drug-likeness (QED) is 0.877. The van der Waals surface area contributed by atoms with E-state index in [1.54, 1.807) is 0 Å². The molecule has 0 saturated heterocycles. The monoisotopic (exact) mass is 299 g/mol. The molecule has 1 aromatic carbocycles. The Bertz CT molecular complexity index is 493. The summed E-state index contributed by atoms with van der Waals surface area (Å²) in [5.41, 5.74) is -0.651. The Hall–Kier alpha value is -1.69. The van der Waals surface area contributed by atoms with E-state index in [1.165, 1.54) is 4.90 Å². The second-order valence-corrected chi connectivity index (χ2v) is 5.30. The molecule has 6 heteroatoms. The van der Waals surface area contributed by atoms with Crippen LogP contribution in [0.1, 0.15) is 42.5 Å². The number of benzene rings is 1. The van der Waals surface area contributed by atoms with Crippen molar-refractivity contribution in [3.63, 3.8) is 0 Å². The number of anilines is 1. The molecule has 0 aromatic heterocycles. The number of hydrogen-bond donors (Lipinski definition) is 2. The zero-order chi connectivity index (χ0) is 15.4. The average molecular weight is 299 g/mol. The SMILES string of the molecule is O=C(O)c1cc(F)c(N(CCO)C2CCCCC2)c(F)c1. The molecule has 1 saturated carbocycles. The highest BCUT2D eigenvalue weighted by molar-refractivity contribution is 5.88.